The first-order valence-electron chi connectivity index (χ1n) is 8.48. The van der Waals surface area contributed by atoms with E-state index in [2.05, 4.69) is 21.6 Å². The molecule has 0 spiro atoms. The number of alkyl halides is 3. The van der Waals surface area contributed by atoms with Crippen LogP contribution in [0.4, 0.5) is 13.2 Å². The van der Waals surface area contributed by atoms with Gasteiger partial charge in [0.25, 0.3) is 0 Å². The van der Waals surface area contributed by atoms with Crippen molar-refractivity contribution in [1.82, 2.24) is 10.1 Å². The van der Waals surface area contributed by atoms with Gasteiger partial charge in [-0.1, -0.05) is 49.2 Å². The van der Waals surface area contributed by atoms with Crippen LogP contribution < -0.4 is 0 Å². The highest BCUT2D eigenvalue weighted by atomic mass is 19.4. The van der Waals surface area contributed by atoms with E-state index in [4.69, 9.17) is 0 Å². The van der Waals surface area contributed by atoms with Crippen molar-refractivity contribution in [1.29, 1.82) is 0 Å². The molecule has 0 amide bonds. The van der Waals surface area contributed by atoms with Crippen LogP contribution in [-0.4, -0.2) is 10.1 Å². The average molecular weight is 338 g/mol. The molecule has 0 bridgehead atoms. The van der Waals surface area contributed by atoms with Gasteiger partial charge in [-0.05, 0) is 43.1 Å². The van der Waals surface area contributed by atoms with E-state index in [-0.39, 0.29) is 5.82 Å². The Labute approximate surface area is 139 Å². The van der Waals surface area contributed by atoms with E-state index in [1.165, 1.54) is 44.1 Å². The lowest BCUT2D eigenvalue weighted by Crippen LogP contribution is -2.13. The maximum Gasteiger partial charge on any atom is 0.471 e. The maximum atomic E-state index is 12.5. The molecule has 1 saturated carbocycles. The Morgan fingerprint density at radius 2 is 1.75 bits per heavy atom. The SMILES string of the molecule is CCC[C@H]1CC[C@H](c2ccc(-c3noc(C(F)(F)F)n3)cc2)CC1. The molecule has 0 saturated heterocycles. The summed E-state index contributed by atoms with van der Waals surface area (Å²) in [6.45, 7) is 2.23. The van der Waals surface area contributed by atoms with Crippen LogP contribution in [-0.2, 0) is 6.18 Å². The molecule has 1 aromatic carbocycles. The highest BCUT2D eigenvalue weighted by Gasteiger charge is 2.38. The van der Waals surface area contributed by atoms with Gasteiger partial charge < -0.3 is 4.52 Å². The molecule has 6 heteroatoms. The smallest absolute Gasteiger partial charge is 0.329 e. The quantitative estimate of drug-likeness (QED) is 0.704. The molecule has 1 heterocycles. The molecule has 2 aromatic rings. The second kappa shape index (κ2) is 6.95. The Balaban J connectivity index is 1.67. The van der Waals surface area contributed by atoms with E-state index < -0.39 is 12.1 Å². The predicted molar refractivity (Wildman–Crippen MR) is 84.3 cm³/mol. The summed E-state index contributed by atoms with van der Waals surface area (Å²) in [5, 5.41) is 3.42. The highest BCUT2D eigenvalue weighted by molar-refractivity contribution is 5.55. The molecule has 3 rings (SSSR count). The lowest BCUT2D eigenvalue weighted by molar-refractivity contribution is -0.159. The summed E-state index contributed by atoms with van der Waals surface area (Å²) in [6.07, 6.45) is 2.84. The molecular formula is C18H21F3N2O. The standard InChI is InChI=1S/C18H21F3N2O/c1-2-3-12-4-6-13(7-5-12)14-8-10-15(11-9-14)16-22-17(24-23-16)18(19,20)21/h8-13H,2-7H2,1H3/t12-,13-. The van der Waals surface area contributed by atoms with Crippen molar-refractivity contribution in [3.63, 3.8) is 0 Å². The molecule has 1 fully saturated rings. The molecular weight excluding hydrogens is 317 g/mol. The van der Waals surface area contributed by atoms with Gasteiger partial charge in [0.15, 0.2) is 0 Å². The molecule has 0 N–H and O–H groups in total. The number of halogens is 3. The molecule has 24 heavy (non-hydrogen) atoms. The lowest BCUT2D eigenvalue weighted by Gasteiger charge is -2.28. The third-order valence-electron chi connectivity index (χ3n) is 4.85. The molecule has 0 radical (unpaired) electrons. The van der Waals surface area contributed by atoms with Gasteiger partial charge in [0.1, 0.15) is 0 Å². The molecule has 0 unspecified atom stereocenters. The van der Waals surface area contributed by atoms with Crippen molar-refractivity contribution < 1.29 is 17.7 Å². The van der Waals surface area contributed by atoms with Crippen molar-refractivity contribution in [2.24, 2.45) is 5.92 Å². The number of hydrogen-bond donors (Lipinski definition) is 0. The van der Waals surface area contributed by atoms with Gasteiger partial charge in [-0.15, -0.1) is 0 Å². The topological polar surface area (TPSA) is 38.9 Å². The average Bonchev–Trinajstić information content (AvgIpc) is 3.06. The third kappa shape index (κ3) is 3.79. The van der Waals surface area contributed by atoms with Gasteiger partial charge in [-0.25, -0.2) is 0 Å². The van der Waals surface area contributed by atoms with Crippen molar-refractivity contribution in [2.45, 2.75) is 57.5 Å². The fourth-order valence-corrected chi connectivity index (χ4v) is 3.55. The van der Waals surface area contributed by atoms with Crippen LogP contribution in [0.5, 0.6) is 0 Å². The van der Waals surface area contributed by atoms with E-state index in [1.54, 1.807) is 12.1 Å². The first-order chi connectivity index (χ1) is 11.5. The van der Waals surface area contributed by atoms with Crippen LogP contribution in [0.15, 0.2) is 28.8 Å². The monoisotopic (exact) mass is 338 g/mol. The summed E-state index contributed by atoms with van der Waals surface area (Å²) in [5.41, 5.74) is 1.78. The number of nitrogens with zero attached hydrogens (tertiary/aromatic N) is 2. The highest BCUT2D eigenvalue weighted by Crippen LogP contribution is 2.38. The van der Waals surface area contributed by atoms with Crippen molar-refractivity contribution in [3.05, 3.63) is 35.7 Å². The van der Waals surface area contributed by atoms with Gasteiger partial charge in [0.05, 0.1) is 0 Å². The Morgan fingerprint density at radius 1 is 1.08 bits per heavy atom. The van der Waals surface area contributed by atoms with Gasteiger partial charge >= 0.3 is 12.1 Å². The zero-order valence-electron chi connectivity index (χ0n) is 13.6. The molecule has 1 aromatic heterocycles. The first-order valence-corrected chi connectivity index (χ1v) is 8.48. The Hall–Kier alpha value is -1.85. The summed E-state index contributed by atoms with van der Waals surface area (Å²) in [7, 11) is 0. The van der Waals surface area contributed by atoms with Crippen LogP contribution in [0.25, 0.3) is 11.4 Å². The van der Waals surface area contributed by atoms with E-state index in [9.17, 15) is 13.2 Å². The van der Waals surface area contributed by atoms with Crippen LogP contribution in [0.3, 0.4) is 0 Å². The zero-order chi connectivity index (χ0) is 17.2. The fraction of sp³-hybridized carbons (Fsp3) is 0.556. The van der Waals surface area contributed by atoms with Gasteiger partial charge in [0.2, 0.25) is 5.82 Å². The van der Waals surface area contributed by atoms with Crippen LogP contribution in [0, 0.1) is 5.92 Å². The van der Waals surface area contributed by atoms with E-state index in [0.717, 1.165) is 5.92 Å². The zero-order valence-corrected chi connectivity index (χ0v) is 13.6. The van der Waals surface area contributed by atoms with E-state index in [0.29, 0.717) is 11.5 Å². The molecule has 1 aliphatic rings. The molecule has 0 aliphatic heterocycles. The second-order valence-electron chi connectivity index (χ2n) is 6.55. The fourth-order valence-electron chi connectivity index (χ4n) is 3.55. The summed E-state index contributed by atoms with van der Waals surface area (Å²) in [6, 6.07) is 7.50. The van der Waals surface area contributed by atoms with E-state index in [1.807, 2.05) is 12.1 Å². The molecule has 3 nitrogen and oxygen atoms in total. The Kier molecular flexibility index (Phi) is 4.92. The van der Waals surface area contributed by atoms with Crippen LogP contribution in [0.2, 0.25) is 0 Å². The van der Waals surface area contributed by atoms with E-state index >= 15 is 0 Å². The number of aromatic nitrogens is 2. The summed E-state index contributed by atoms with van der Waals surface area (Å²) >= 11 is 0. The third-order valence-corrected chi connectivity index (χ3v) is 4.85. The predicted octanol–water partition coefficient (Wildman–Crippen LogP) is 5.83. The maximum absolute atomic E-state index is 12.5. The van der Waals surface area contributed by atoms with Crippen LogP contribution >= 0.6 is 0 Å². The van der Waals surface area contributed by atoms with Crippen molar-refractivity contribution >= 4 is 0 Å². The lowest BCUT2D eigenvalue weighted by atomic mass is 9.77. The Morgan fingerprint density at radius 3 is 2.29 bits per heavy atom. The number of benzene rings is 1. The Bertz CT molecular complexity index is 656. The first kappa shape index (κ1) is 17.0. The minimum Gasteiger partial charge on any atom is -0.329 e. The van der Waals surface area contributed by atoms with Crippen molar-refractivity contribution in [2.75, 3.05) is 0 Å². The molecule has 0 atom stereocenters. The van der Waals surface area contributed by atoms with Crippen LogP contribution in [0.1, 0.15) is 62.8 Å². The summed E-state index contributed by atoms with van der Waals surface area (Å²) < 4.78 is 41.8. The van der Waals surface area contributed by atoms with Gasteiger partial charge in [-0.2, -0.15) is 18.2 Å². The summed E-state index contributed by atoms with van der Waals surface area (Å²) in [5.74, 6) is 0.0603. The molecule has 1 aliphatic carbocycles. The number of rotatable bonds is 4. The second-order valence-corrected chi connectivity index (χ2v) is 6.55. The summed E-state index contributed by atoms with van der Waals surface area (Å²) in [4.78, 5) is 3.42. The molecule has 130 valence electrons. The minimum atomic E-state index is -4.61. The number of hydrogen-bond acceptors (Lipinski definition) is 3. The normalized spacial score (nSPS) is 21.8. The minimum absolute atomic E-state index is 0.0273. The van der Waals surface area contributed by atoms with Gasteiger partial charge in [0, 0.05) is 5.56 Å². The van der Waals surface area contributed by atoms with Gasteiger partial charge in [-0.3, -0.25) is 0 Å². The largest absolute Gasteiger partial charge is 0.471 e. The van der Waals surface area contributed by atoms with Crippen molar-refractivity contribution in [3.8, 4) is 11.4 Å².